The smallest absolute Gasteiger partial charge is 0.242 e. The lowest BCUT2D eigenvalue weighted by molar-refractivity contribution is -0.143. The number of nitrogens with one attached hydrogen (secondary N) is 2. The van der Waals surface area contributed by atoms with E-state index in [1.807, 2.05) is 6.92 Å². The number of likely N-dealkylation sites (tertiary alicyclic amines) is 2. The molecule has 2 N–H and O–H groups in total. The Labute approximate surface area is 222 Å². The highest BCUT2D eigenvalue weighted by molar-refractivity contribution is 7.92. The monoisotopic (exact) mass is 580 g/mol. The first-order chi connectivity index (χ1) is 17.0. The molecule has 0 radical (unpaired) electrons. The first-order valence-corrected chi connectivity index (χ1v) is 16.4. The van der Waals surface area contributed by atoms with Gasteiger partial charge < -0.3 is 9.80 Å². The minimum atomic E-state index is -3.88. The molecule has 2 aliphatic rings. The van der Waals surface area contributed by atoms with Crippen LogP contribution < -0.4 is 9.44 Å². The van der Waals surface area contributed by atoms with Gasteiger partial charge >= 0.3 is 0 Å². The second-order valence-electron chi connectivity index (χ2n) is 8.97. The zero-order valence-corrected chi connectivity index (χ0v) is 23.4. The van der Waals surface area contributed by atoms with Crippen LogP contribution in [-0.4, -0.2) is 82.5 Å². The molecule has 10 nitrogen and oxygen atoms in total. The third kappa shape index (κ3) is 8.52. The van der Waals surface area contributed by atoms with E-state index in [0.29, 0.717) is 48.0 Å². The van der Waals surface area contributed by atoms with Gasteiger partial charge in [-0.15, -0.1) is 11.3 Å². The van der Waals surface area contributed by atoms with Gasteiger partial charge in [-0.3, -0.25) is 9.59 Å². The molecule has 14 heteroatoms. The average molecular weight is 581 g/mol. The highest BCUT2D eigenvalue weighted by Gasteiger charge is 2.35. The van der Waals surface area contributed by atoms with Crippen molar-refractivity contribution >= 4 is 60.9 Å². The number of hydrogen-bond donors (Lipinski definition) is 2. The van der Waals surface area contributed by atoms with E-state index in [1.165, 1.54) is 22.3 Å². The highest BCUT2D eigenvalue weighted by atomic mass is 35.5. The van der Waals surface area contributed by atoms with E-state index in [4.69, 9.17) is 11.6 Å². The molecule has 0 aliphatic carbocycles. The number of amides is 2. The molecule has 0 spiro atoms. The number of halogens is 1. The molecular formula is C22H33ClN4O6S3. The molecule has 2 atom stereocenters. The molecule has 0 bridgehead atoms. The van der Waals surface area contributed by atoms with E-state index in [1.54, 1.807) is 17.0 Å². The molecule has 0 saturated carbocycles. The number of nitrogens with zero attached hydrogens (tertiary/aromatic N) is 2. The van der Waals surface area contributed by atoms with E-state index < -0.39 is 32.0 Å². The fourth-order valence-electron chi connectivity index (χ4n) is 4.28. The summed E-state index contributed by atoms with van der Waals surface area (Å²) in [5.74, 6) is -0.654. The summed E-state index contributed by atoms with van der Waals surface area (Å²) in [4.78, 5) is 29.6. The molecule has 2 fully saturated rings. The Hall–Kier alpha value is -1.51. The van der Waals surface area contributed by atoms with Gasteiger partial charge in [0.1, 0.15) is 6.04 Å². The predicted molar refractivity (Wildman–Crippen MR) is 141 cm³/mol. The minimum Gasteiger partial charge on any atom is -0.337 e. The number of unbranched alkanes of at least 4 members (excludes halogenated alkanes) is 1. The van der Waals surface area contributed by atoms with E-state index >= 15 is 0 Å². The molecule has 3 rings (SSSR count). The van der Waals surface area contributed by atoms with Crippen molar-refractivity contribution in [2.75, 3.05) is 31.9 Å². The summed E-state index contributed by atoms with van der Waals surface area (Å²) >= 11 is 7.10. The van der Waals surface area contributed by atoms with Crippen molar-refractivity contribution in [3.63, 3.8) is 0 Å². The van der Waals surface area contributed by atoms with Crippen LogP contribution >= 0.6 is 22.9 Å². The van der Waals surface area contributed by atoms with Gasteiger partial charge in [0.15, 0.2) is 0 Å². The van der Waals surface area contributed by atoms with Crippen molar-refractivity contribution in [3.05, 3.63) is 26.8 Å². The fourth-order valence-corrected chi connectivity index (χ4v) is 7.61. The van der Waals surface area contributed by atoms with Gasteiger partial charge in [-0.2, -0.15) is 4.72 Å². The Kier molecular flexibility index (Phi) is 10.4. The van der Waals surface area contributed by atoms with Crippen LogP contribution in [0.2, 0.25) is 4.34 Å². The predicted octanol–water partition coefficient (Wildman–Crippen LogP) is 1.99. The third-order valence-corrected chi connectivity index (χ3v) is 9.91. The van der Waals surface area contributed by atoms with Gasteiger partial charge in [-0.25, -0.2) is 21.6 Å². The van der Waals surface area contributed by atoms with E-state index in [0.717, 1.165) is 18.2 Å². The Morgan fingerprint density at radius 2 is 1.94 bits per heavy atom. The van der Waals surface area contributed by atoms with Gasteiger partial charge in [0, 0.05) is 36.0 Å². The van der Waals surface area contributed by atoms with E-state index in [2.05, 4.69) is 9.44 Å². The maximum atomic E-state index is 13.0. The molecule has 2 saturated heterocycles. The summed E-state index contributed by atoms with van der Waals surface area (Å²) < 4.78 is 54.8. The van der Waals surface area contributed by atoms with Gasteiger partial charge in [0.05, 0.1) is 16.6 Å². The van der Waals surface area contributed by atoms with Crippen molar-refractivity contribution in [1.82, 2.24) is 19.2 Å². The van der Waals surface area contributed by atoms with Crippen LogP contribution in [0.3, 0.4) is 0 Å². The Morgan fingerprint density at radius 3 is 2.64 bits per heavy atom. The first kappa shape index (κ1) is 29.1. The molecule has 0 aromatic carbocycles. The molecule has 0 unspecified atom stereocenters. The third-order valence-electron chi connectivity index (χ3n) is 6.17. The number of sulfonamides is 2. The largest absolute Gasteiger partial charge is 0.337 e. The summed E-state index contributed by atoms with van der Waals surface area (Å²) in [5, 5.41) is 1.00. The van der Waals surface area contributed by atoms with Crippen LogP contribution in [0.5, 0.6) is 0 Å². The molecule has 3 heterocycles. The molecule has 1 aromatic heterocycles. The van der Waals surface area contributed by atoms with Crippen LogP contribution in [0.15, 0.2) is 17.5 Å². The lowest BCUT2D eigenvalue weighted by Crippen LogP contribution is -2.55. The van der Waals surface area contributed by atoms with Crippen molar-refractivity contribution in [2.45, 2.75) is 57.5 Å². The standard InChI is InChI=1S/C22H33ClN4O6S3/c1-2-3-13-35(30,31)24-15-17-6-4-12-27(17)21(28)16-26-11-5-7-19(22(26)29)25-36(32,33)14-10-18-8-9-20(23)34-18/h8-10,14,17,19,24-25H,2-7,11-13,15-16H2,1H3/b14-10+/t17-,19+/m1/s1. The van der Waals surface area contributed by atoms with E-state index in [-0.39, 0.29) is 30.8 Å². The number of hydrogen-bond acceptors (Lipinski definition) is 7. The highest BCUT2D eigenvalue weighted by Crippen LogP contribution is 2.23. The maximum absolute atomic E-state index is 13.0. The Morgan fingerprint density at radius 1 is 1.19 bits per heavy atom. The van der Waals surface area contributed by atoms with E-state index in [9.17, 15) is 26.4 Å². The van der Waals surface area contributed by atoms with Crippen LogP contribution in [0.1, 0.15) is 50.3 Å². The summed E-state index contributed by atoms with van der Waals surface area (Å²) in [6.45, 7) is 2.75. The fraction of sp³-hybridized carbons (Fsp3) is 0.636. The van der Waals surface area contributed by atoms with Gasteiger partial charge in [-0.05, 0) is 50.3 Å². The number of carbonyl (C=O) groups is 2. The Balaban J connectivity index is 1.55. The zero-order valence-electron chi connectivity index (χ0n) is 20.2. The number of rotatable bonds is 12. The van der Waals surface area contributed by atoms with Crippen molar-refractivity contribution in [2.24, 2.45) is 0 Å². The van der Waals surface area contributed by atoms with Crippen molar-refractivity contribution in [1.29, 1.82) is 0 Å². The average Bonchev–Trinajstić information content (AvgIpc) is 3.46. The molecule has 1 aromatic rings. The van der Waals surface area contributed by atoms with Crippen LogP contribution in [0, 0.1) is 0 Å². The molecule has 36 heavy (non-hydrogen) atoms. The lowest BCUT2D eigenvalue weighted by Gasteiger charge is -2.34. The number of carbonyl (C=O) groups excluding carboxylic acids is 2. The summed E-state index contributed by atoms with van der Waals surface area (Å²) in [6.07, 6.45) is 5.09. The lowest BCUT2D eigenvalue weighted by atomic mass is 10.1. The Bertz CT molecular complexity index is 1170. The van der Waals surface area contributed by atoms with Crippen LogP contribution in [0.4, 0.5) is 0 Å². The topological polar surface area (TPSA) is 133 Å². The van der Waals surface area contributed by atoms with Gasteiger partial charge in [0.25, 0.3) is 0 Å². The SMILES string of the molecule is CCCCS(=O)(=O)NC[C@H]1CCCN1C(=O)CN1CCC[C@H](NS(=O)(=O)/C=C/c2ccc(Cl)s2)C1=O. The van der Waals surface area contributed by atoms with Crippen molar-refractivity contribution in [3.8, 4) is 0 Å². The van der Waals surface area contributed by atoms with Gasteiger partial charge in [-0.1, -0.05) is 24.9 Å². The summed E-state index contributed by atoms with van der Waals surface area (Å²) in [7, 11) is -7.27. The summed E-state index contributed by atoms with van der Waals surface area (Å²) in [6, 6.07) is 2.14. The maximum Gasteiger partial charge on any atom is 0.242 e. The molecular weight excluding hydrogens is 548 g/mol. The second-order valence-corrected chi connectivity index (χ2v) is 14.2. The minimum absolute atomic E-state index is 0.0556. The molecule has 202 valence electrons. The van der Waals surface area contributed by atoms with Crippen LogP contribution in [0.25, 0.3) is 6.08 Å². The number of thiophene rings is 1. The zero-order chi connectivity index (χ0) is 26.3. The van der Waals surface area contributed by atoms with Crippen molar-refractivity contribution < 1.29 is 26.4 Å². The molecule has 2 amide bonds. The molecule has 2 aliphatic heterocycles. The summed E-state index contributed by atoms with van der Waals surface area (Å²) in [5.41, 5.74) is 0. The number of piperidine rings is 1. The normalized spacial score (nSPS) is 21.6. The van der Waals surface area contributed by atoms with Crippen LogP contribution in [-0.2, 0) is 29.6 Å². The quantitative estimate of drug-likeness (QED) is 0.388. The first-order valence-electron chi connectivity index (χ1n) is 12.0. The second kappa shape index (κ2) is 12.8. The van der Waals surface area contributed by atoms with Gasteiger partial charge in [0.2, 0.25) is 31.9 Å².